The normalized spacial score (nSPS) is 16.6. The summed E-state index contributed by atoms with van der Waals surface area (Å²) in [6.45, 7) is 2.23. The summed E-state index contributed by atoms with van der Waals surface area (Å²) in [5, 5.41) is 4.07. The van der Waals surface area contributed by atoms with Crippen molar-refractivity contribution in [2.75, 3.05) is 13.1 Å². The largest absolute Gasteiger partial charge is 0.327 e. The Hall–Kier alpha value is -1.24. The lowest BCUT2D eigenvalue weighted by atomic mass is 10.1. The van der Waals surface area contributed by atoms with Crippen molar-refractivity contribution in [3.8, 4) is 0 Å². The lowest BCUT2D eigenvalue weighted by molar-refractivity contribution is -0.119. The van der Waals surface area contributed by atoms with E-state index in [0.717, 1.165) is 24.3 Å². The summed E-state index contributed by atoms with van der Waals surface area (Å²) in [6, 6.07) is 2.16. The maximum absolute atomic E-state index is 12.0. The molecule has 0 fully saturated rings. The lowest BCUT2D eigenvalue weighted by Gasteiger charge is -2.25. The van der Waals surface area contributed by atoms with Crippen LogP contribution in [-0.2, 0) is 24.8 Å². The lowest BCUT2D eigenvalue weighted by Crippen LogP contribution is -2.34. The zero-order chi connectivity index (χ0) is 13.2. The molecule has 0 saturated carbocycles. The molecule has 6 heteroatoms. The van der Waals surface area contributed by atoms with Gasteiger partial charge in [0.05, 0.1) is 6.54 Å². The summed E-state index contributed by atoms with van der Waals surface area (Å²) in [5.74, 6) is -0.0586. The molecule has 0 unspecified atom stereocenters. The first kappa shape index (κ1) is 12.8. The van der Waals surface area contributed by atoms with Gasteiger partial charge in [-0.15, -0.1) is 22.7 Å². The summed E-state index contributed by atoms with van der Waals surface area (Å²) >= 11 is 3.30. The zero-order valence-corrected chi connectivity index (χ0v) is 12.3. The van der Waals surface area contributed by atoms with E-state index in [-0.39, 0.29) is 5.91 Å². The first-order chi connectivity index (χ1) is 9.22. The molecule has 0 aliphatic carbocycles. The zero-order valence-electron chi connectivity index (χ0n) is 10.7. The second kappa shape index (κ2) is 5.40. The molecular formula is C13H15N3OS2. The molecule has 2 aromatic heterocycles. The van der Waals surface area contributed by atoms with Gasteiger partial charge in [0.1, 0.15) is 0 Å². The van der Waals surface area contributed by atoms with Crippen LogP contribution >= 0.6 is 22.7 Å². The van der Waals surface area contributed by atoms with Crippen molar-refractivity contribution in [2.24, 2.45) is 12.0 Å². The van der Waals surface area contributed by atoms with Crippen molar-refractivity contribution in [2.45, 2.75) is 13.0 Å². The fourth-order valence-electron chi connectivity index (χ4n) is 2.21. The van der Waals surface area contributed by atoms with Crippen LogP contribution in [0.2, 0.25) is 0 Å². The molecule has 0 N–H and O–H groups in total. The van der Waals surface area contributed by atoms with E-state index in [1.54, 1.807) is 0 Å². The highest BCUT2D eigenvalue weighted by atomic mass is 32.1. The van der Waals surface area contributed by atoms with Gasteiger partial charge in [-0.1, -0.05) is 0 Å². The Labute approximate surface area is 119 Å². The third kappa shape index (κ3) is 2.86. The Kier molecular flexibility index (Phi) is 3.63. The fraction of sp³-hybridized carbons (Fsp3) is 0.385. The van der Waals surface area contributed by atoms with Crippen molar-refractivity contribution in [3.05, 3.63) is 38.3 Å². The highest BCUT2D eigenvalue weighted by Gasteiger charge is 2.18. The van der Waals surface area contributed by atoms with E-state index >= 15 is 0 Å². The van der Waals surface area contributed by atoms with Crippen LogP contribution < -0.4 is 4.80 Å². The number of aryl methyl sites for hydroxylation is 1. The van der Waals surface area contributed by atoms with Gasteiger partial charge in [0.2, 0.25) is 0 Å². The van der Waals surface area contributed by atoms with Gasteiger partial charge in [0.25, 0.3) is 5.91 Å². The molecule has 3 rings (SSSR count). The quantitative estimate of drug-likeness (QED) is 0.844. The predicted molar refractivity (Wildman–Crippen MR) is 77.2 cm³/mol. The third-order valence-electron chi connectivity index (χ3n) is 3.23. The van der Waals surface area contributed by atoms with Crippen molar-refractivity contribution in [1.82, 2.24) is 9.47 Å². The van der Waals surface area contributed by atoms with Gasteiger partial charge in [0, 0.05) is 36.6 Å². The van der Waals surface area contributed by atoms with E-state index in [0.29, 0.717) is 6.54 Å². The van der Waals surface area contributed by atoms with Gasteiger partial charge < -0.3 is 4.57 Å². The molecule has 1 amide bonds. The van der Waals surface area contributed by atoms with Crippen LogP contribution in [0.1, 0.15) is 10.4 Å². The van der Waals surface area contributed by atoms with E-state index < -0.39 is 0 Å². The Morgan fingerprint density at radius 3 is 3.11 bits per heavy atom. The SMILES string of the molecule is Cn1ccsc1=NC(=O)CN1CCc2sccc2C1. The standard InChI is InChI=1S/C13H15N3OS2/c1-15-5-7-19-13(15)14-12(17)9-16-4-2-11-10(8-16)3-6-18-11/h3,5-7H,2,4,8-9H2,1H3. The van der Waals surface area contributed by atoms with Gasteiger partial charge in [-0.05, 0) is 23.4 Å². The molecule has 0 saturated heterocycles. The molecule has 1 aliphatic rings. The number of rotatable bonds is 2. The number of carbonyl (C=O) groups excluding carboxylic acids is 1. The van der Waals surface area contributed by atoms with Crippen molar-refractivity contribution in [1.29, 1.82) is 0 Å². The van der Waals surface area contributed by atoms with E-state index in [1.165, 1.54) is 21.8 Å². The number of hydrogen-bond donors (Lipinski definition) is 0. The molecule has 4 nitrogen and oxygen atoms in total. The Bertz CT molecular complexity index is 653. The molecule has 19 heavy (non-hydrogen) atoms. The average Bonchev–Trinajstić information content (AvgIpc) is 2.98. The number of thiazole rings is 1. The third-order valence-corrected chi connectivity index (χ3v) is 5.10. The summed E-state index contributed by atoms with van der Waals surface area (Å²) in [5.41, 5.74) is 1.37. The first-order valence-corrected chi connectivity index (χ1v) is 7.93. The number of hydrogen-bond acceptors (Lipinski definition) is 4. The predicted octanol–water partition coefficient (Wildman–Crippen LogP) is 1.63. The number of thiophene rings is 1. The number of fused-ring (bicyclic) bond motifs is 1. The van der Waals surface area contributed by atoms with Gasteiger partial charge in [0.15, 0.2) is 4.80 Å². The summed E-state index contributed by atoms with van der Waals surface area (Å²) in [4.78, 5) is 20.5. The molecule has 2 aromatic rings. The maximum Gasteiger partial charge on any atom is 0.262 e. The molecule has 3 heterocycles. The molecule has 0 aromatic carbocycles. The number of aromatic nitrogens is 1. The topological polar surface area (TPSA) is 37.6 Å². The monoisotopic (exact) mass is 293 g/mol. The van der Waals surface area contributed by atoms with Crippen molar-refractivity contribution >= 4 is 28.6 Å². The van der Waals surface area contributed by atoms with Crippen LogP contribution in [0.4, 0.5) is 0 Å². The molecule has 0 spiro atoms. The van der Waals surface area contributed by atoms with Crippen molar-refractivity contribution < 1.29 is 4.79 Å². The Balaban J connectivity index is 1.67. The van der Waals surface area contributed by atoms with Crippen LogP contribution in [0.3, 0.4) is 0 Å². The molecule has 0 bridgehead atoms. The minimum Gasteiger partial charge on any atom is -0.327 e. The van der Waals surface area contributed by atoms with Crippen LogP contribution in [0.5, 0.6) is 0 Å². The van der Waals surface area contributed by atoms with Crippen LogP contribution in [0, 0.1) is 0 Å². The van der Waals surface area contributed by atoms with E-state index in [4.69, 9.17) is 0 Å². The number of carbonyl (C=O) groups is 1. The molecule has 0 radical (unpaired) electrons. The van der Waals surface area contributed by atoms with E-state index in [9.17, 15) is 4.79 Å². The van der Waals surface area contributed by atoms with Crippen LogP contribution in [-0.4, -0.2) is 28.5 Å². The molecular weight excluding hydrogens is 278 g/mol. The maximum atomic E-state index is 12.0. The number of amides is 1. The van der Waals surface area contributed by atoms with Gasteiger partial charge >= 0.3 is 0 Å². The second-order valence-electron chi connectivity index (χ2n) is 4.63. The average molecular weight is 293 g/mol. The smallest absolute Gasteiger partial charge is 0.262 e. The summed E-state index contributed by atoms with van der Waals surface area (Å²) in [7, 11) is 1.90. The first-order valence-electron chi connectivity index (χ1n) is 6.17. The van der Waals surface area contributed by atoms with Crippen molar-refractivity contribution in [3.63, 3.8) is 0 Å². The van der Waals surface area contributed by atoms with Crippen LogP contribution in [0.15, 0.2) is 28.0 Å². The minimum atomic E-state index is -0.0586. The van der Waals surface area contributed by atoms with E-state index in [1.807, 2.05) is 34.5 Å². The highest BCUT2D eigenvalue weighted by molar-refractivity contribution is 7.10. The van der Waals surface area contributed by atoms with Gasteiger partial charge in [-0.3, -0.25) is 9.69 Å². The van der Waals surface area contributed by atoms with E-state index in [2.05, 4.69) is 21.3 Å². The van der Waals surface area contributed by atoms with Gasteiger partial charge in [-0.25, -0.2) is 0 Å². The second-order valence-corrected chi connectivity index (χ2v) is 6.51. The molecule has 1 aliphatic heterocycles. The van der Waals surface area contributed by atoms with Gasteiger partial charge in [-0.2, -0.15) is 4.99 Å². The summed E-state index contributed by atoms with van der Waals surface area (Å²) in [6.07, 6.45) is 2.96. The minimum absolute atomic E-state index is 0.0586. The number of nitrogens with zero attached hydrogens (tertiary/aromatic N) is 3. The summed E-state index contributed by atoms with van der Waals surface area (Å²) < 4.78 is 1.87. The molecule has 100 valence electrons. The molecule has 0 atom stereocenters. The fourth-order valence-corrected chi connectivity index (χ4v) is 3.85. The Morgan fingerprint density at radius 2 is 2.32 bits per heavy atom. The van der Waals surface area contributed by atoms with Crippen LogP contribution in [0.25, 0.3) is 0 Å². The highest BCUT2D eigenvalue weighted by Crippen LogP contribution is 2.23. The Morgan fingerprint density at radius 1 is 1.42 bits per heavy atom.